The highest BCUT2D eigenvalue weighted by Gasteiger charge is 2.09. The first-order valence-electron chi connectivity index (χ1n) is 6.49. The summed E-state index contributed by atoms with van der Waals surface area (Å²) in [6, 6.07) is 6.61. The molecule has 0 aliphatic carbocycles. The van der Waals surface area contributed by atoms with Gasteiger partial charge in [0.15, 0.2) is 10.9 Å². The highest BCUT2D eigenvalue weighted by molar-refractivity contribution is 9.10. The predicted octanol–water partition coefficient (Wildman–Crippen LogP) is 3.53. The summed E-state index contributed by atoms with van der Waals surface area (Å²) in [6.45, 7) is 4.58. The standard InChI is InChI=1S/C14H16BrFN4S/c1-9(2)17-14(21)18-13-12(15)8-20(19-13)7-10-3-5-11(16)6-4-10/h3-6,8-9H,7H2,1-2H3,(H2,17,18,19,21). The van der Waals surface area contributed by atoms with Crippen molar-refractivity contribution in [3.05, 3.63) is 46.3 Å². The molecule has 1 heterocycles. The van der Waals surface area contributed by atoms with Gasteiger partial charge >= 0.3 is 0 Å². The lowest BCUT2D eigenvalue weighted by Crippen LogP contribution is -2.34. The molecule has 1 aromatic heterocycles. The van der Waals surface area contributed by atoms with Gasteiger partial charge in [0, 0.05) is 12.2 Å². The normalized spacial score (nSPS) is 10.7. The quantitative estimate of drug-likeness (QED) is 0.807. The molecule has 0 radical (unpaired) electrons. The van der Waals surface area contributed by atoms with Gasteiger partial charge in [-0.3, -0.25) is 4.68 Å². The maximum Gasteiger partial charge on any atom is 0.172 e. The van der Waals surface area contributed by atoms with Crippen molar-refractivity contribution in [3.8, 4) is 0 Å². The summed E-state index contributed by atoms with van der Waals surface area (Å²) < 4.78 is 15.5. The van der Waals surface area contributed by atoms with Crippen molar-refractivity contribution in [1.82, 2.24) is 15.1 Å². The minimum atomic E-state index is -0.243. The van der Waals surface area contributed by atoms with Gasteiger partial charge < -0.3 is 10.6 Å². The maximum atomic E-state index is 12.9. The van der Waals surface area contributed by atoms with E-state index in [1.54, 1.807) is 16.8 Å². The Bertz CT molecular complexity index is 624. The topological polar surface area (TPSA) is 41.9 Å². The van der Waals surface area contributed by atoms with Gasteiger partial charge in [-0.25, -0.2) is 4.39 Å². The van der Waals surface area contributed by atoms with E-state index in [1.807, 2.05) is 20.0 Å². The largest absolute Gasteiger partial charge is 0.360 e. The number of hydrogen-bond acceptors (Lipinski definition) is 2. The zero-order chi connectivity index (χ0) is 15.4. The third-order valence-corrected chi connectivity index (χ3v) is 3.43. The molecule has 2 N–H and O–H groups in total. The Labute approximate surface area is 136 Å². The summed E-state index contributed by atoms with van der Waals surface area (Å²) in [5.41, 5.74) is 0.973. The zero-order valence-corrected chi connectivity index (χ0v) is 14.1. The number of halogens is 2. The molecule has 2 rings (SSSR count). The molecule has 21 heavy (non-hydrogen) atoms. The van der Waals surface area contributed by atoms with Crippen LogP contribution in [0.5, 0.6) is 0 Å². The number of nitrogens with zero attached hydrogens (tertiary/aromatic N) is 2. The zero-order valence-electron chi connectivity index (χ0n) is 11.7. The van der Waals surface area contributed by atoms with E-state index in [2.05, 4.69) is 31.7 Å². The monoisotopic (exact) mass is 370 g/mol. The van der Waals surface area contributed by atoms with Crippen LogP contribution in [0.25, 0.3) is 0 Å². The van der Waals surface area contributed by atoms with Crippen LogP contribution in [-0.4, -0.2) is 20.9 Å². The molecule has 0 unspecified atom stereocenters. The molecule has 2 aromatic rings. The van der Waals surface area contributed by atoms with Crippen molar-refractivity contribution in [2.75, 3.05) is 5.32 Å². The fourth-order valence-electron chi connectivity index (χ4n) is 1.75. The minimum absolute atomic E-state index is 0.243. The van der Waals surface area contributed by atoms with Gasteiger partial charge in [-0.05, 0) is 59.7 Å². The van der Waals surface area contributed by atoms with E-state index >= 15 is 0 Å². The molecule has 0 aliphatic rings. The second kappa shape index (κ2) is 7.00. The van der Waals surface area contributed by atoms with Crippen molar-refractivity contribution in [1.29, 1.82) is 0 Å². The van der Waals surface area contributed by atoms with E-state index in [1.165, 1.54) is 12.1 Å². The molecule has 0 saturated carbocycles. The van der Waals surface area contributed by atoms with Gasteiger partial charge in [-0.2, -0.15) is 5.10 Å². The fourth-order valence-corrected chi connectivity index (χ4v) is 2.49. The van der Waals surface area contributed by atoms with Crippen molar-refractivity contribution in [3.63, 3.8) is 0 Å². The molecular formula is C14H16BrFN4S. The average molecular weight is 371 g/mol. The van der Waals surface area contributed by atoms with Crippen LogP contribution in [0, 0.1) is 5.82 Å². The summed E-state index contributed by atoms with van der Waals surface area (Å²) in [6.07, 6.45) is 1.85. The van der Waals surface area contributed by atoms with Crippen LogP contribution in [0.2, 0.25) is 0 Å². The summed E-state index contributed by atoms with van der Waals surface area (Å²) >= 11 is 8.63. The lowest BCUT2D eigenvalue weighted by molar-refractivity contribution is 0.624. The van der Waals surface area contributed by atoms with E-state index in [9.17, 15) is 4.39 Å². The first-order valence-corrected chi connectivity index (χ1v) is 7.69. The molecule has 112 valence electrons. The summed E-state index contributed by atoms with van der Waals surface area (Å²) in [5.74, 6) is 0.406. The lowest BCUT2D eigenvalue weighted by atomic mass is 10.2. The third kappa shape index (κ3) is 4.78. The minimum Gasteiger partial charge on any atom is -0.360 e. The Hall–Kier alpha value is -1.47. The molecule has 0 aliphatic heterocycles. The molecule has 0 amide bonds. The molecule has 0 saturated heterocycles. The smallest absolute Gasteiger partial charge is 0.172 e. The molecule has 7 heteroatoms. The molecule has 0 bridgehead atoms. The van der Waals surface area contributed by atoms with Crippen LogP contribution in [0.1, 0.15) is 19.4 Å². The first kappa shape index (κ1) is 15.9. The van der Waals surface area contributed by atoms with Gasteiger partial charge in [0.2, 0.25) is 0 Å². The average Bonchev–Trinajstić information content (AvgIpc) is 2.71. The lowest BCUT2D eigenvalue weighted by Gasteiger charge is -2.11. The number of rotatable bonds is 4. The van der Waals surface area contributed by atoms with Crippen molar-refractivity contribution in [2.45, 2.75) is 26.4 Å². The molecule has 1 aromatic carbocycles. The van der Waals surface area contributed by atoms with Gasteiger partial charge in [0.05, 0.1) is 11.0 Å². The molecule has 4 nitrogen and oxygen atoms in total. The second-order valence-corrected chi connectivity index (χ2v) is 6.17. The number of nitrogens with one attached hydrogen (secondary N) is 2. The van der Waals surface area contributed by atoms with Crippen LogP contribution in [0.15, 0.2) is 34.9 Å². The molecule has 0 spiro atoms. The number of anilines is 1. The number of thiocarbonyl (C=S) groups is 1. The van der Waals surface area contributed by atoms with Crippen LogP contribution in [0.4, 0.5) is 10.2 Å². The molecule has 0 atom stereocenters. The van der Waals surface area contributed by atoms with E-state index in [-0.39, 0.29) is 11.9 Å². The van der Waals surface area contributed by atoms with Gasteiger partial charge in [-0.15, -0.1) is 0 Å². The first-order chi connectivity index (χ1) is 9.94. The SMILES string of the molecule is CC(C)NC(=S)Nc1nn(Cc2ccc(F)cc2)cc1Br. The van der Waals surface area contributed by atoms with E-state index in [0.29, 0.717) is 17.5 Å². The number of benzene rings is 1. The highest BCUT2D eigenvalue weighted by atomic mass is 79.9. The van der Waals surface area contributed by atoms with E-state index < -0.39 is 0 Å². The Morgan fingerprint density at radius 2 is 2.05 bits per heavy atom. The summed E-state index contributed by atoms with van der Waals surface area (Å²) in [4.78, 5) is 0. The van der Waals surface area contributed by atoms with Crippen molar-refractivity contribution in [2.24, 2.45) is 0 Å². The van der Waals surface area contributed by atoms with E-state index in [4.69, 9.17) is 12.2 Å². The van der Waals surface area contributed by atoms with Gasteiger partial charge in [0.25, 0.3) is 0 Å². The molecular weight excluding hydrogens is 355 g/mol. The van der Waals surface area contributed by atoms with Gasteiger partial charge in [0.1, 0.15) is 5.82 Å². The van der Waals surface area contributed by atoms with Crippen LogP contribution in [0.3, 0.4) is 0 Å². The van der Waals surface area contributed by atoms with Crippen LogP contribution >= 0.6 is 28.1 Å². The Balaban J connectivity index is 2.04. The number of aromatic nitrogens is 2. The fraction of sp³-hybridized carbons (Fsp3) is 0.286. The summed E-state index contributed by atoms with van der Waals surface area (Å²) in [5, 5.41) is 11.1. The Kier molecular flexibility index (Phi) is 5.30. The maximum absolute atomic E-state index is 12.9. The Morgan fingerprint density at radius 1 is 1.38 bits per heavy atom. The van der Waals surface area contributed by atoms with Crippen LogP contribution in [-0.2, 0) is 6.54 Å². The van der Waals surface area contributed by atoms with Gasteiger partial charge in [-0.1, -0.05) is 12.1 Å². The van der Waals surface area contributed by atoms with Crippen molar-refractivity contribution >= 4 is 39.1 Å². The van der Waals surface area contributed by atoms with Crippen LogP contribution < -0.4 is 10.6 Å². The highest BCUT2D eigenvalue weighted by Crippen LogP contribution is 2.20. The third-order valence-electron chi connectivity index (χ3n) is 2.63. The predicted molar refractivity (Wildman–Crippen MR) is 89.9 cm³/mol. The van der Waals surface area contributed by atoms with Crippen molar-refractivity contribution < 1.29 is 4.39 Å². The second-order valence-electron chi connectivity index (χ2n) is 4.90. The number of hydrogen-bond donors (Lipinski definition) is 2. The molecule has 0 fully saturated rings. The van der Waals surface area contributed by atoms with E-state index in [0.717, 1.165) is 10.0 Å². The Morgan fingerprint density at radius 3 is 2.67 bits per heavy atom. The summed E-state index contributed by atoms with van der Waals surface area (Å²) in [7, 11) is 0.